The summed E-state index contributed by atoms with van der Waals surface area (Å²) in [5, 5.41) is 13.3. The Kier molecular flexibility index (Phi) is 5.77. The van der Waals surface area contributed by atoms with E-state index in [-0.39, 0.29) is 24.5 Å². The van der Waals surface area contributed by atoms with Crippen LogP contribution in [-0.2, 0) is 35.1 Å². The maximum atomic E-state index is 12.9. The van der Waals surface area contributed by atoms with Gasteiger partial charge in [-0.05, 0) is 11.4 Å². The second kappa shape index (κ2) is 7.94. The number of hydrogen-bond acceptors (Lipinski definition) is 8. The van der Waals surface area contributed by atoms with E-state index in [4.69, 9.17) is 9.47 Å². The van der Waals surface area contributed by atoms with Gasteiger partial charge >= 0.3 is 11.9 Å². The Morgan fingerprint density at radius 2 is 2.18 bits per heavy atom. The van der Waals surface area contributed by atoms with Gasteiger partial charge in [0.1, 0.15) is 17.7 Å². The number of fused-ring (bicyclic) bond motifs is 1. The van der Waals surface area contributed by atoms with E-state index in [1.165, 1.54) is 37.1 Å². The van der Waals surface area contributed by atoms with Crippen molar-refractivity contribution in [2.75, 3.05) is 19.5 Å². The molecule has 0 aromatic carbocycles. The van der Waals surface area contributed by atoms with Crippen molar-refractivity contribution in [3.8, 4) is 0 Å². The Hall–Kier alpha value is -2.37. The lowest BCUT2D eigenvalue weighted by Gasteiger charge is -2.55. The Labute approximate surface area is 168 Å². The molecule has 1 fully saturated rings. The first-order valence-corrected chi connectivity index (χ1v) is 10.2. The topological polar surface area (TPSA) is 122 Å². The molecule has 9 nitrogen and oxygen atoms in total. The number of thioether (sulfide) groups is 1. The van der Waals surface area contributed by atoms with Crippen molar-refractivity contribution in [3.63, 3.8) is 0 Å². The molecule has 1 aromatic heterocycles. The zero-order valence-corrected chi connectivity index (χ0v) is 16.7. The van der Waals surface area contributed by atoms with E-state index >= 15 is 0 Å². The van der Waals surface area contributed by atoms with Crippen LogP contribution >= 0.6 is 23.1 Å². The number of hydrogen-bond donors (Lipinski definition) is 2. The van der Waals surface area contributed by atoms with E-state index < -0.39 is 34.9 Å². The van der Waals surface area contributed by atoms with Crippen LogP contribution in [0.15, 0.2) is 28.8 Å². The van der Waals surface area contributed by atoms with Crippen LogP contribution in [0.5, 0.6) is 0 Å². The van der Waals surface area contributed by atoms with Crippen molar-refractivity contribution < 1.29 is 33.8 Å². The molecule has 2 N–H and O–H groups in total. The lowest BCUT2D eigenvalue weighted by Crippen LogP contribution is -2.80. The van der Waals surface area contributed by atoms with Crippen LogP contribution in [0.3, 0.4) is 0 Å². The molecule has 28 heavy (non-hydrogen) atoms. The van der Waals surface area contributed by atoms with Gasteiger partial charge in [-0.3, -0.25) is 19.3 Å². The number of ether oxygens (including phenoxy) is 2. The fraction of sp³-hybridized carbons (Fsp3) is 0.412. The number of methoxy groups -OCH3 is 1. The van der Waals surface area contributed by atoms with E-state index in [1.807, 2.05) is 11.4 Å². The van der Waals surface area contributed by atoms with E-state index in [1.54, 1.807) is 6.07 Å². The van der Waals surface area contributed by atoms with E-state index in [0.717, 1.165) is 9.78 Å². The van der Waals surface area contributed by atoms with Gasteiger partial charge in [0.2, 0.25) is 5.91 Å². The maximum absolute atomic E-state index is 12.9. The van der Waals surface area contributed by atoms with Crippen LogP contribution in [0.2, 0.25) is 0 Å². The minimum absolute atomic E-state index is 0.0901. The zero-order valence-electron chi connectivity index (χ0n) is 15.1. The van der Waals surface area contributed by atoms with Crippen molar-refractivity contribution in [1.82, 2.24) is 10.2 Å². The molecule has 0 aliphatic carbocycles. The van der Waals surface area contributed by atoms with Gasteiger partial charge in [0.15, 0.2) is 0 Å². The SMILES string of the molecule is COC1(NC(=O)Cc2cccs2)C(=O)N2C(C(=O)O)=C(COC(C)=O)CSC21. The number of rotatable bonds is 7. The minimum atomic E-state index is -1.63. The molecule has 0 bridgehead atoms. The van der Waals surface area contributed by atoms with Gasteiger partial charge in [-0.25, -0.2) is 4.79 Å². The first kappa shape index (κ1) is 20.4. The molecule has 0 saturated carbocycles. The number of nitrogens with one attached hydrogen (secondary N) is 1. The molecule has 2 aliphatic heterocycles. The molecule has 3 rings (SSSR count). The van der Waals surface area contributed by atoms with Crippen LogP contribution in [0, 0.1) is 0 Å². The molecule has 2 atom stereocenters. The second-order valence-electron chi connectivity index (χ2n) is 6.12. The number of carboxylic acid groups (broad SMARTS) is 1. The molecule has 0 radical (unpaired) electrons. The lowest BCUT2D eigenvalue weighted by molar-refractivity contribution is -0.192. The molecule has 2 amide bonds. The van der Waals surface area contributed by atoms with Crippen molar-refractivity contribution in [1.29, 1.82) is 0 Å². The van der Waals surface area contributed by atoms with Gasteiger partial charge < -0.3 is 19.9 Å². The number of esters is 1. The van der Waals surface area contributed by atoms with Gasteiger partial charge in [-0.15, -0.1) is 23.1 Å². The van der Waals surface area contributed by atoms with Crippen molar-refractivity contribution >= 4 is 46.9 Å². The number of amides is 2. The fourth-order valence-corrected chi connectivity index (χ4v) is 5.19. The Morgan fingerprint density at radius 1 is 1.43 bits per heavy atom. The molecule has 3 heterocycles. The summed E-state index contributed by atoms with van der Waals surface area (Å²) in [4.78, 5) is 50.0. The molecule has 1 saturated heterocycles. The van der Waals surface area contributed by atoms with Gasteiger partial charge in [-0.1, -0.05) is 6.07 Å². The summed E-state index contributed by atoms with van der Waals surface area (Å²) in [6, 6.07) is 3.63. The summed E-state index contributed by atoms with van der Waals surface area (Å²) < 4.78 is 10.3. The summed E-state index contributed by atoms with van der Waals surface area (Å²) in [7, 11) is 1.29. The Balaban J connectivity index is 1.81. The number of carboxylic acids is 1. The number of thiophene rings is 1. The lowest BCUT2D eigenvalue weighted by atomic mass is 9.98. The molecular weight excluding hydrogens is 408 g/mol. The standard InChI is InChI=1S/C17H18N2O7S2/c1-9(20)26-7-10-8-28-16-17(25-2,15(24)19(16)13(10)14(22)23)18-12(21)6-11-4-3-5-27-11/h3-5,16H,6-8H2,1-2H3,(H,18,21)(H,22,23). The van der Waals surface area contributed by atoms with Crippen molar-refractivity contribution in [3.05, 3.63) is 33.7 Å². The fourth-order valence-electron chi connectivity index (χ4n) is 3.07. The van der Waals surface area contributed by atoms with E-state index in [9.17, 15) is 24.3 Å². The molecule has 2 aliphatic rings. The predicted molar refractivity (Wildman–Crippen MR) is 100 cm³/mol. The highest BCUT2D eigenvalue weighted by Gasteiger charge is 2.66. The molecular formula is C17H18N2O7S2. The number of aliphatic carboxylic acids is 1. The summed E-state index contributed by atoms with van der Waals surface area (Å²) >= 11 is 2.65. The third-order valence-corrected chi connectivity index (χ3v) is 6.57. The number of carbonyl (C=O) groups is 4. The number of nitrogens with zero attached hydrogens (tertiary/aromatic N) is 1. The smallest absolute Gasteiger partial charge is 0.352 e. The first-order valence-electron chi connectivity index (χ1n) is 8.22. The average Bonchev–Trinajstić information content (AvgIpc) is 3.15. The van der Waals surface area contributed by atoms with Crippen LogP contribution < -0.4 is 5.32 Å². The molecule has 150 valence electrons. The van der Waals surface area contributed by atoms with E-state index in [0.29, 0.717) is 5.57 Å². The predicted octanol–water partition coefficient (Wildman–Crippen LogP) is 0.566. The Morgan fingerprint density at radius 3 is 2.75 bits per heavy atom. The van der Waals surface area contributed by atoms with Crippen LogP contribution in [0.1, 0.15) is 11.8 Å². The van der Waals surface area contributed by atoms with Gasteiger partial charge in [0.25, 0.3) is 11.6 Å². The third-order valence-electron chi connectivity index (χ3n) is 4.32. The van der Waals surface area contributed by atoms with Crippen molar-refractivity contribution in [2.24, 2.45) is 0 Å². The third kappa shape index (κ3) is 3.52. The van der Waals surface area contributed by atoms with Crippen LogP contribution in [0.4, 0.5) is 0 Å². The van der Waals surface area contributed by atoms with Crippen molar-refractivity contribution in [2.45, 2.75) is 24.4 Å². The second-order valence-corrected chi connectivity index (χ2v) is 8.22. The number of β-lactam (4-membered cyclic amide) rings is 1. The molecule has 11 heteroatoms. The summed E-state index contributed by atoms with van der Waals surface area (Å²) in [5.41, 5.74) is -1.56. The summed E-state index contributed by atoms with van der Waals surface area (Å²) in [6.45, 7) is 0.999. The molecule has 1 aromatic rings. The summed E-state index contributed by atoms with van der Waals surface area (Å²) in [6.07, 6.45) is 0.0901. The molecule has 0 spiro atoms. The first-order chi connectivity index (χ1) is 13.3. The highest BCUT2D eigenvalue weighted by atomic mass is 32.2. The van der Waals surface area contributed by atoms with Crippen LogP contribution in [-0.4, -0.2) is 64.3 Å². The van der Waals surface area contributed by atoms with E-state index in [2.05, 4.69) is 5.32 Å². The highest BCUT2D eigenvalue weighted by molar-refractivity contribution is 8.00. The highest BCUT2D eigenvalue weighted by Crippen LogP contribution is 2.46. The average molecular weight is 426 g/mol. The quantitative estimate of drug-likeness (QED) is 0.369. The summed E-state index contributed by atoms with van der Waals surface area (Å²) in [5.74, 6) is -2.72. The number of carbonyl (C=O) groups excluding carboxylic acids is 3. The monoisotopic (exact) mass is 426 g/mol. The normalized spacial score (nSPS) is 23.7. The van der Waals surface area contributed by atoms with Gasteiger partial charge in [0, 0.05) is 30.2 Å². The van der Waals surface area contributed by atoms with Gasteiger partial charge in [0.05, 0.1) is 6.42 Å². The van der Waals surface area contributed by atoms with Gasteiger partial charge in [-0.2, -0.15) is 0 Å². The Bertz CT molecular complexity index is 852. The minimum Gasteiger partial charge on any atom is -0.477 e. The zero-order chi connectivity index (χ0) is 20.5. The molecule has 2 unspecified atom stereocenters. The van der Waals surface area contributed by atoms with Crippen LogP contribution in [0.25, 0.3) is 0 Å². The maximum Gasteiger partial charge on any atom is 0.352 e. The largest absolute Gasteiger partial charge is 0.477 e.